The van der Waals surface area contributed by atoms with Gasteiger partial charge < -0.3 is 9.72 Å². The lowest BCUT2D eigenvalue weighted by atomic mass is 10.2. The van der Waals surface area contributed by atoms with E-state index in [1.807, 2.05) is 17.7 Å². The largest absolute Gasteiger partial charge is 0.374 e. The summed E-state index contributed by atoms with van der Waals surface area (Å²) < 4.78 is 8.63. The fourth-order valence-electron chi connectivity index (χ4n) is 2.70. The third kappa shape index (κ3) is 2.63. The van der Waals surface area contributed by atoms with Crippen LogP contribution in [0.4, 0.5) is 0 Å². The SMILES string of the molecule is CCN1CCOC(Cn2c(=S)[nH]c3cc(C)cnc32)C1. The van der Waals surface area contributed by atoms with E-state index in [2.05, 4.69) is 27.9 Å². The van der Waals surface area contributed by atoms with Gasteiger partial charge in [0.2, 0.25) is 0 Å². The van der Waals surface area contributed by atoms with E-state index in [4.69, 9.17) is 17.0 Å². The number of pyridine rings is 1. The molecule has 0 bridgehead atoms. The normalized spacial score (nSPS) is 20.6. The summed E-state index contributed by atoms with van der Waals surface area (Å²) in [6.07, 6.45) is 2.05. The van der Waals surface area contributed by atoms with Crippen molar-refractivity contribution in [1.29, 1.82) is 0 Å². The summed E-state index contributed by atoms with van der Waals surface area (Å²) in [5, 5.41) is 0. The molecule has 0 radical (unpaired) electrons. The molecule has 108 valence electrons. The van der Waals surface area contributed by atoms with Gasteiger partial charge in [0, 0.05) is 19.3 Å². The Hall–Kier alpha value is -1.24. The minimum Gasteiger partial charge on any atom is -0.374 e. The second-order valence-corrected chi connectivity index (χ2v) is 5.70. The van der Waals surface area contributed by atoms with Crippen LogP contribution in [0.25, 0.3) is 11.2 Å². The van der Waals surface area contributed by atoms with Gasteiger partial charge in [-0.1, -0.05) is 6.92 Å². The third-order valence-electron chi connectivity index (χ3n) is 3.80. The highest BCUT2D eigenvalue weighted by molar-refractivity contribution is 7.71. The highest BCUT2D eigenvalue weighted by Crippen LogP contribution is 2.15. The molecule has 0 aliphatic carbocycles. The fraction of sp³-hybridized carbons (Fsp3) is 0.571. The quantitative estimate of drug-likeness (QED) is 0.880. The number of nitrogens with zero attached hydrogens (tertiary/aromatic N) is 3. The first-order chi connectivity index (χ1) is 9.67. The van der Waals surface area contributed by atoms with Gasteiger partial charge >= 0.3 is 0 Å². The number of aromatic amines is 1. The Morgan fingerprint density at radius 1 is 1.55 bits per heavy atom. The maximum Gasteiger partial charge on any atom is 0.179 e. The number of rotatable bonds is 3. The van der Waals surface area contributed by atoms with Crippen molar-refractivity contribution in [3.8, 4) is 0 Å². The van der Waals surface area contributed by atoms with E-state index in [0.717, 1.165) is 54.3 Å². The van der Waals surface area contributed by atoms with E-state index in [1.54, 1.807) is 0 Å². The van der Waals surface area contributed by atoms with Gasteiger partial charge in [0.1, 0.15) is 0 Å². The Bertz CT molecular complexity index is 663. The van der Waals surface area contributed by atoms with Crippen molar-refractivity contribution >= 4 is 23.4 Å². The van der Waals surface area contributed by atoms with Crippen LogP contribution < -0.4 is 0 Å². The van der Waals surface area contributed by atoms with Crippen LogP contribution in [-0.2, 0) is 11.3 Å². The Balaban J connectivity index is 1.87. The molecular formula is C14H20N4OS. The van der Waals surface area contributed by atoms with E-state index in [9.17, 15) is 0 Å². The Kier molecular flexibility index (Phi) is 3.87. The maximum absolute atomic E-state index is 5.86. The highest BCUT2D eigenvalue weighted by Gasteiger charge is 2.21. The molecule has 2 aromatic rings. The number of morpholine rings is 1. The van der Waals surface area contributed by atoms with Crippen LogP contribution in [0.2, 0.25) is 0 Å². The van der Waals surface area contributed by atoms with Crippen molar-refractivity contribution in [2.75, 3.05) is 26.2 Å². The predicted molar refractivity (Wildman–Crippen MR) is 81.5 cm³/mol. The first-order valence-electron chi connectivity index (χ1n) is 7.06. The summed E-state index contributed by atoms with van der Waals surface area (Å²) >= 11 is 5.42. The Morgan fingerprint density at radius 2 is 2.40 bits per heavy atom. The average molecular weight is 292 g/mol. The lowest BCUT2D eigenvalue weighted by molar-refractivity contribution is -0.0340. The molecule has 1 saturated heterocycles. The molecule has 1 atom stereocenters. The Morgan fingerprint density at radius 3 is 3.20 bits per heavy atom. The van der Waals surface area contributed by atoms with E-state index >= 15 is 0 Å². The predicted octanol–water partition coefficient (Wildman–Crippen LogP) is 2.12. The zero-order valence-corrected chi connectivity index (χ0v) is 12.7. The van der Waals surface area contributed by atoms with Gasteiger partial charge in [-0.05, 0) is 37.3 Å². The summed E-state index contributed by atoms with van der Waals surface area (Å²) in [6.45, 7) is 8.80. The molecule has 1 N–H and O–H groups in total. The summed E-state index contributed by atoms with van der Waals surface area (Å²) in [4.78, 5) is 10.1. The number of imidazole rings is 1. The molecule has 20 heavy (non-hydrogen) atoms. The average Bonchev–Trinajstić information content (AvgIpc) is 2.74. The zero-order chi connectivity index (χ0) is 14.1. The summed E-state index contributed by atoms with van der Waals surface area (Å²) in [5.41, 5.74) is 3.04. The minimum atomic E-state index is 0.178. The van der Waals surface area contributed by atoms with Crippen LogP contribution >= 0.6 is 12.2 Å². The lowest BCUT2D eigenvalue weighted by Gasteiger charge is -2.32. The fourth-order valence-corrected chi connectivity index (χ4v) is 2.97. The number of hydrogen-bond donors (Lipinski definition) is 1. The van der Waals surface area contributed by atoms with Gasteiger partial charge in [0.25, 0.3) is 0 Å². The van der Waals surface area contributed by atoms with Gasteiger partial charge in [-0.15, -0.1) is 0 Å². The van der Waals surface area contributed by atoms with Crippen LogP contribution in [-0.4, -0.2) is 51.8 Å². The van der Waals surface area contributed by atoms with E-state index in [0.29, 0.717) is 0 Å². The van der Waals surface area contributed by atoms with Crippen molar-refractivity contribution in [2.45, 2.75) is 26.5 Å². The van der Waals surface area contributed by atoms with Crippen molar-refractivity contribution in [3.63, 3.8) is 0 Å². The Labute approximate surface area is 123 Å². The van der Waals surface area contributed by atoms with Crippen molar-refractivity contribution < 1.29 is 4.74 Å². The molecule has 3 heterocycles. The standard InChI is InChI=1S/C14H20N4OS/c1-3-17-4-5-19-11(8-17)9-18-13-12(16-14(18)20)6-10(2)7-15-13/h6-7,11H,3-5,8-9H2,1-2H3,(H,16,20). The van der Waals surface area contributed by atoms with E-state index in [-0.39, 0.29) is 6.10 Å². The minimum absolute atomic E-state index is 0.178. The number of aromatic nitrogens is 3. The van der Waals surface area contributed by atoms with Gasteiger partial charge in [-0.3, -0.25) is 9.47 Å². The number of hydrogen-bond acceptors (Lipinski definition) is 4. The molecule has 0 amide bonds. The molecule has 3 rings (SSSR count). The number of H-pyrrole nitrogens is 1. The van der Waals surface area contributed by atoms with Crippen LogP contribution in [0.1, 0.15) is 12.5 Å². The molecule has 1 unspecified atom stereocenters. The molecule has 1 fully saturated rings. The van der Waals surface area contributed by atoms with Crippen molar-refractivity contribution in [1.82, 2.24) is 19.4 Å². The second-order valence-electron chi connectivity index (χ2n) is 5.31. The van der Waals surface area contributed by atoms with Crippen LogP contribution in [0, 0.1) is 11.7 Å². The first kappa shape index (κ1) is 13.7. The van der Waals surface area contributed by atoms with Crippen LogP contribution in [0.3, 0.4) is 0 Å². The van der Waals surface area contributed by atoms with E-state index < -0.39 is 0 Å². The molecule has 1 aliphatic rings. The number of ether oxygens (including phenoxy) is 1. The highest BCUT2D eigenvalue weighted by atomic mass is 32.1. The summed E-state index contributed by atoms with van der Waals surface area (Å²) in [6, 6.07) is 2.08. The number of nitrogens with one attached hydrogen (secondary N) is 1. The van der Waals surface area contributed by atoms with Crippen LogP contribution in [0.5, 0.6) is 0 Å². The van der Waals surface area contributed by atoms with Crippen molar-refractivity contribution in [3.05, 3.63) is 22.6 Å². The van der Waals surface area contributed by atoms with E-state index in [1.165, 1.54) is 0 Å². The van der Waals surface area contributed by atoms with Gasteiger partial charge in [0.15, 0.2) is 10.4 Å². The molecule has 5 nitrogen and oxygen atoms in total. The number of likely N-dealkylation sites (N-methyl/N-ethyl adjacent to an activating group) is 1. The van der Waals surface area contributed by atoms with Gasteiger partial charge in [-0.25, -0.2) is 4.98 Å². The molecule has 0 spiro atoms. The molecule has 2 aromatic heterocycles. The molecule has 6 heteroatoms. The summed E-state index contributed by atoms with van der Waals surface area (Å²) in [7, 11) is 0. The van der Waals surface area contributed by atoms with Crippen LogP contribution in [0.15, 0.2) is 12.3 Å². The molecule has 1 aliphatic heterocycles. The molecular weight excluding hydrogens is 272 g/mol. The maximum atomic E-state index is 5.86. The summed E-state index contributed by atoms with van der Waals surface area (Å²) in [5.74, 6) is 0. The number of aryl methyl sites for hydroxylation is 1. The first-order valence-corrected chi connectivity index (χ1v) is 7.47. The lowest BCUT2D eigenvalue weighted by Crippen LogP contribution is -2.43. The molecule has 0 aromatic carbocycles. The van der Waals surface area contributed by atoms with Crippen molar-refractivity contribution in [2.24, 2.45) is 0 Å². The zero-order valence-electron chi connectivity index (χ0n) is 11.9. The van der Waals surface area contributed by atoms with Gasteiger partial charge in [0.05, 0.1) is 24.8 Å². The monoisotopic (exact) mass is 292 g/mol. The molecule has 0 saturated carbocycles. The topological polar surface area (TPSA) is 46.1 Å². The number of fused-ring (bicyclic) bond motifs is 1. The van der Waals surface area contributed by atoms with Gasteiger partial charge in [-0.2, -0.15) is 0 Å². The smallest absolute Gasteiger partial charge is 0.179 e. The second kappa shape index (κ2) is 5.63. The third-order valence-corrected chi connectivity index (χ3v) is 4.12.